The van der Waals surface area contributed by atoms with Gasteiger partial charge < -0.3 is 19.7 Å². The van der Waals surface area contributed by atoms with Gasteiger partial charge in [0.15, 0.2) is 17.3 Å². The Labute approximate surface area is 112 Å². The molecule has 8 heteroatoms. The van der Waals surface area contributed by atoms with Crippen molar-refractivity contribution in [3.8, 4) is 11.5 Å². The van der Waals surface area contributed by atoms with Crippen molar-refractivity contribution in [1.29, 1.82) is 0 Å². The van der Waals surface area contributed by atoms with Crippen LogP contribution in [0.5, 0.6) is 11.5 Å². The molecule has 0 amide bonds. The number of benzene rings is 1. The molecule has 20 heavy (non-hydrogen) atoms. The summed E-state index contributed by atoms with van der Waals surface area (Å²) < 4.78 is 50.6. The van der Waals surface area contributed by atoms with Crippen LogP contribution < -0.4 is 15.2 Å². The average molecular weight is 288 g/mol. The molecule has 0 saturated carbocycles. The Kier molecular flexibility index (Phi) is 4.14. The molecule has 108 valence electrons. The number of alkyl halides is 3. The van der Waals surface area contributed by atoms with Gasteiger partial charge in [0.2, 0.25) is 0 Å². The van der Waals surface area contributed by atoms with Crippen molar-refractivity contribution in [3.63, 3.8) is 0 Å². The summed E-state index contributed by atoms with van der Waals surface area (Å²) in [5, 5.41) is 3.64. The highest BCUT2D eigenvalue weighted by Crippen LogP contribution is 2.32. The summed E-state index contributed by atoms with van der Waals surface area (Å²) in [6, 6.07) is 7.03. The van der Waals surface area contributed by atoms with Gasteiger partial charge in [0.05, 0.1) is 5.69 Å². The summed E-state index contributed by atoms with van der Waals surface area (Å²) >= 11 is 0. The fourth-order valence-corrected chi connectivity index (χ4v) is 1.45. The van der Waals surface area contributed by atoms with Gasteiger partial charge in [-0.05, 0) is 12.1 Å². The lowest BCUT2D eigenvalue weighted by atomic mass is 10.3. The zero-order valence-corrected chi connectivity index (χ0v) is 10.2. The SMILES string of the molecule is NCc1cc(COc2ccccc2OC(F)(F)F)on1. The van der Waals surface area contributed by atoms with Gasteiger partial charge in [-0.15, -0.1) is 13.2 Å². The van der Waals surface area contributed by atoms with Gasteiger partial charge in [-0.1, -0.05) is 17.3 Å². The molecule has 1 aromatic heterocycles. The first-order valence-corrected chi connectivity index (χ1v) is 5.60. The molecule has 0 fully saturated rings. The van der Waals surface area contributed by atoms with Crippen molar-refractivity contribution in [2.75, 3.05) is 0 Å². The molecule has 0 saturated heterocycles. The van der Waals surface area contributed by atoms with E-state index in [1.54, 1.807) is 6.07 Å². The molecular weight excluding hydrogens is 277 g/mol. The first kappa shape index (κ1) is 14.2. The highest BCUT2D eigenvalue weighted by Gasteiger charge is 2.32. The van der Waals surface area contributed by atoms with Crippen LogP contribution in [0, 0.1) is 0 Å². The smallest absolute Gasteiger partial charge is 0.482 e. The topological polar surface area (TPSA) is 70.5 Å². The summed E-state index contributed by atoms with van der Waals surface area (Å²) in [6.45, 7) is 0.127. The zero-order chi connectivity index (χ0) is 14.6. The van der Waals surface area contributed by atoms with Gasteiger partial charge >= 0.3 is 6.36 Å². The van der Waals surface area contributed by atoms with E-state index >= 15 is 0 Å². The maximum atomic E-state index is 12.2. The van der Waals surface area contributed by atoms with E-state index in [0.717, 1.165) is 6.07 Å². The first-order chi connectivity index (χ1) is 9.48. The summed E-state index contributed by atoms with van der Waals surface area (Å²) in [7, 11) is 0. The van der Waals surface area contributed by atoms with Gasteiger partial charge in [0.25, 0.3) is 0 Å². The molecule has 0 aliphatic carbocycles. The van der Waals surface area contributed by atoms with Crippen LogP contribution in [0.3, 0.4) is 0 Å². The van der Waals surface area contributed by atoms with Crippen molar-refractivity contribution < 1.29 is 27.2 Å². The highest BCUT2D eigenvalue weighted by molar-refractivity contribution is 5.39. The van der Waals surface area contributed by atoms with Gasteiger partial charge in [0.1, 0.15) is 6.61 Å². The van der Waals surface area contributed by atoms with E-state index in [4.69, 9.17) is 15.0 Å². The second kappa shape index (κ2) is 5.83. The van der Waals surface area contributed by atoms with Crippen LogP contribution in [0.25, 0.3) is 0 Å². The van der Waals surface area contributed by atoms with Crippen LogP contribution in [0.1, 0.15) is 11.5 Å². The molecule has 2 rings (SSSR count). The highest BCUT2D eigenvalue weighted by atomic mass is 19.4. The minimum absolute atomic E-state index is 0.0458. The molecule has 2 N–H and O–H groups in total. The molecule has 0 aliphatic rings. The van der Waals surface area contributed by atoms with Gasteiger partial charge in [-0.2, -0.15) is 0 Å². The number of halogens is 3. The Balaban J connectivity index is 2.05. The lowest BCUT2D eigenvalue weighted by molar-refractivity contribution is -0.275. The van der Waals surface area contributed by atoms with E-state index in [-0.39, 0.29) is 18.9 Å². The Morgan fingerprint density at radius 1 is 1.20 bits per heavy atom. The van der Waals surface area contributed by atoms with Crippen LogP contribution in [-0.4, -0.2) is 11.5 Å². The van der Waals surface area contributed by atoms with Gasteiger partial charge in [-0.25, -0.2) is 0 Å². The number of para-hydroxylation sites is 2. The van der Waals surface area contributed by atoms with Crippen molar-refractivity contribution >= 4 is 0 Å². The second-order valence-electron chi connectivity index (χ2n) is 3.77. The van der Waals surface area contributed by atoms with Crippen LogP contribution in [-0.2, 0) is 13.2 Å². The largest absolute Gasteiger partial charge is 0.573 e. The molecule has 1 heterocycles. The minimum atomic E-state index is -4.78. The van der Waals surface area contributed by atoms with Crippen LogP contribution in [0.4, 0.5) is 13.2 Å². The van der Waals surface area contributed by atoms with E-state index in [0.29, 0.717) is 11.5 Å². The number of ether oxygens (including phenoxy) is 2. The molecule has 5 nitrogen and oxygen atoms in total. The van der Waals surface area contributed by atoms with E-state index in [9.17, 15) is 13.2 Å². The maximum Gasteiger partial charge on any atom is 0.573 e. The number of aromatic nitrogens is 1. The molecule has 2 aromatic rings. The quantitative estimate of drug-likeness (QED) is 0.915. The number of hydrogen-bond acceptors (Lipinski definition) is 5. The van der Waals surface area contributed by atoms with Crippen molar-refractivity contribution in [3.05, 3.63) is 41.8 Å². The lowest BCUT2D eigenvalue weighted by Crippen LogP contribution is -2.17. The standard InChI is InChI=1S/C12H11F3N2O3/c13-12(14,15)19-11-4-2-1-3-10(11)18-7-9-5-8(6-16)17-20-9/h1-5H,6-7,16H2. The van der Waals surface area contributed by atoms with E-state index in [1.807, 2.05) is 0 Å². The van der Waals surface area contributed by atoms with Crippen LogP contribution in [0.15, 0.2) is 34.9 Å². The molecular formula is C12H11F3N2O3. The molecule has 0 unspecified atom stereocenters. The fourth-order valence-electron chi connectivity index (χ4n) is 1.45. The number of rotatable bonds is 5. The first-order valence-electron chi connectivity index (χ1n) is 5.60. The second-order valence-corrected chi connectivity index (χ2v) is 3.77. The number of nitrogens with zero attached hydrogens (tertiary/aromatic N) is 1. The summed E-state index contributed by atoms with van der Waals surface area (Å²) in [4.78, 5) is 0. The Hall–Kier alpha value is -2.22. The summed E-state index contributed by atoms with van der Waals surface area (Å²) in [5.41, 5.74) is 5.89. The maximum absolute atomic E-state index is 12.2. The Bertz CT molecular complexity index is 569. The normalized spacial score (nSPS) is 11.4. The molecule has 0 bridgehead atoms. The average Bonchev–Trinajstić information content (AvgIpc) is 2.84. The number of nitrogens with two attached hydrogens (primary N) is 1. The van der Waals surface area contributed by atoms with E-state index in [2.05, 4.69) is 9.89 Å². The van der Waals surface area contributed by atoms with Gasteiger partial charge in [0, 0.05) is 12.6 Å². The lowest BCUT2D eigenvalue weighted by Gasteiger charge is -2.13. The predicted octanol–water partition coefficient (Wildman–Crippen LogP) is 2.61. The molecule has 0 spiro atoms. The number of hydrogen-bond donors (Lipinski definition) is 1. The summed E-state index contributed by atoms with van der Waals surface area (Å²) in [5.74, 6) is -0.110. The fraction of sp³-hybridized carbons (Fsp3) is 0.250. The molecule has 0 radical (unpaired) electrons. The molecule has 0 aliphatic heterocycles. The monoisotopic (exact) mass is 288 g/mol. The van der Waals surface area contributed by atoms with E-state index < -0.39 is 12.1 Å². The zero-order valence-electron chi connectivity index (χ0n) is 10.2. The van der Waals surface area contributed by atoms with Crippen molar-refractivity contribution in [2.45, 2.75) is 19.5 Å². The molecule has 1 aromatic carbocycles. The summed E-state index contributed by atoms with van der Waals surface area (Å²) in [6.07, 6.45) is -4.78. The third-order valence-electron chi connectivity index (χ3n) is 2.26. The van der Waals surface area contributed by atoms with E-state index in [1.165, 1.54) is 18.2 Å². The minimum Gasteiger partial charge on any atom is -0.482 e. The predicted molar refractivity (Wildman–Crippen MR) is 61.9 cm³/mol. The Morgan fingerprint density at radius 3 is 2.50 bits per heavy atom. The Morgan fingerprint density at radius 2 is 1.90 bits per heavy atom. The molecule has 0 atom stereocenters. The van der Waals surface area contributed by atoms with Crippen LogP contribution in [0.2, 0.25) is 0 Å². The van der Waals surface area contributed by atoms with Crippen LogP contribution >= 0.6 is 0 Å². The van der Waals surface area contributed by atoms with Crippen molar-refractivity contribution in [2.24, 2.45) is 5.73 Å². The van der Waals surface area contributed by atoms with Crippen molar-refractivity contribution in [1.82, 2.24) is 5.16 Å². The third-order valence-corrected chi connectivity index (χ3v) is 2.26. The van der Waals surface area contributed by atoms with Gasteiger partial charge in [-0.3, -0.25) is 0 Å². The third kappa shape index (κ3) is 3.89.